The highest BCUT2D eigenvalue weighted by Crippen LogP contribution is 2.09. The number of hydrogen-bond acceptors (Lipinski definition) is 12. The highest BCUT2D eigenvalue weighted by atomic mass is 16.4. The fourth-order valence-corrected chi connectivity index (χ4v) is 4.76. The van der Waals surface area contributed by atoms with Crippen molar-refractivity contribution < 1.29 is 58.8 Å². The van der Waals surface area contributed by atoms with Crippen molar-refractivity contribution in [2.75, 3.05) is 13.1 Å². The van der Waals surface area contributed by atoms with Gasteiger partial charge in [-0.15, -0.1) is 0 Å². The molecular weight excluding hydrogens is 676 g/mol. The van der Waals surface area contributed by atoms with E-state index >= 15 is 0 Å². The molecule has 0 aromatic rings. The number of nitrogens with one attached hydrogen (secondary N) is 5. The van der Waals surface area contributed by atoms with Crippen LogP contribution in [0.15, 0.2) is 0 Å². The summed E-state index contributed by atoms with van der Waals surface area (Å²) < 4.78 is 0. The Bertz CT molecular complexity index is 1190. The number of nitrogens with two attached hydrogens (primary N) is 3. The minimum absolute atomic E-state index is 0.00394. The molecule has 0 bridgehead atoms. The van der Waals surface area contributed by atoms with E-state index in [1.165, 1.54) is 0 Å². The number of unbranched alkanes of at least 4 members (excludes halogenated alkanes) is 2. The maximum Gasteiger partial charge on any atom is 0.326 e. The first-order valence-electron chi connectivity index (χ1n) is 16.9. The van der Waals surface area contributed by atoms with Gasteiger partial charge in [0.2, 0.25) is 29.5 Å². The third-order valence-corrected chi connectivity index (χ3v) is 7.56. The standard InChI is InChI=1S/C31H56N8O12/c1-16(2)14-22(31(50)51)38-27(46)20(10-11-23(41)42)36-29(48)21(15-24(43)44)37-30(49)25(17(3)40)39-28(47)19(9-5-7-13-33)35-26(45)18(34)8-4-6-12-32/h16-22,25,40H,4-15,32-34H2,1-3H3,(H,35,45)(H,36,48)(H,37,49)(H,38,46)(H,39,47)(H,41,42)(H,43,44)(H,50,51)/t17-,18+,19+,20+,21+,22+,25+/m1/s1. The fourth-order valence-electron chi connectivity index (χ4n) is 4.76. The van der Waals surface area contributed by atoms with Gasteiger partial charge in [-0.05, 0) is 70.9 Å². The van der Waals surface area contributed by atoms with E-state index in [0.717, 1.165) is 6.92 Å². The van der Waals surface area contributed by atoms with Crippen LogP contribution in [0.1, 0.15) is 85.0 Å². The molecule has 0 aliphatic heterocycles. The number of aliphatic hydroxyl groups excluding tert-OH is 1. The summed E-state index contributed by atoms with van der Waals surface area (Å²) in [6.07, 6.45) is -1.35. The summed E-state index contributed by atoms with van der Waals surface area (Å²) >= 11 is 0. The number of carboxylic acids is 3. The quantitative estimate of drug-likeness (QED) is 0.0371. The van der Waals surface area contributed by atoms with Gasteiger partial charge in [-0.3, -0.25) is 33.6 Å². The third kappa shape index (κ3) is 19.5. The summed E-state index contributed by atoms with van der Waals surface area (Å²) in [6, 6.07) is -8.89. The van der Waals surface area contributed by atoms with E-state index < -0.39 is 109 Å². The summed E-state index contributed by atoms with van der Waals surface area (Å²) in [7, 11) is 0. The van der Waals surface area contributed by atoms with Crippen molar-refractivity contribution in [3.8, 4) is 0 Å². The molecule has 0 aliphatic rings. The second-order valence-electron chi connectivity index (χ2n) is 12.6. The Morgan fingerprint density at radius 3 is 1.53 bits per heavy atom. The zero-order valence-electron chi connectivity index (χ0n) is 29.4. The summed E-state index contributed by atoms with van der Waals surface area (Å²) in [5.74, 6) is -9.53. The van der Waals surface area contributed by atoms with E-state index in [4.69, 9.17) is 22.3 Å². The number of aliphatic hydroxyl groups is 1. The van der Waals surface area contributed by atoms with Gasteiger partial charge >= 0.3 is 17.9 Å². The molecule has 0 radical (unpaired) electrons. The van der Waals surface area contributed by atoms with E-state index in [9.17, 15) is 53.7 Å². The maximum absolute atomic E-state index is 13.3. The number of amides is 5. The molecule has 292 valence electrons. The normalized spacial score (nSPS) is 15.2. The van der Waals surface area contributed by atoms with Gasteiger partial charge in [0.05, 0.1) is 18.6 Å². The Kier molecular flexibility index (Phi) is 22.6. The number of carbonyl (C=O) groups excluding carboxylic acids is 5. The van der Waals surface area contributed by atoms with Gasteiger partial charge in [-0.1, -0.05) is 20.3 Å². The highest BCUT2D eigenvalue weighted by Gasteiger charge is 2.35. The topological polar surface area (TPSA) is 356 Å². The molecule has 20 nitrogen and oxygen atoms in total. The predicted molar refractivity (Wildman–Crippen MR) is 181 cm³/mol. The molecule has 0 saturated heterocycles. The van der Waals surface area contributed by atoms with Gasteiger partial charge in [0.25, 0.3) is 0 Å². The van der Waals surface area contributed by atoms with Crippen LogP contribution < -0.4 is 43.8 Å². The smallest absolute Gasteiger partial charge is 0.326 e. The van der Waals surface area contributed by atoms with Gasteiger partial charge in [0.15, 0.2) is 0 Å². The van der Waals surface area contributed by atoms with Crippen LogP contribution in [0.3, 0.4) is 0 Å². The first-order valence-corrected chi connectivity index (χ1v) is 16.9. The lowest BCUT2D eigenvalue weighted by Crippen LogP contribution is -2.61. The zero-order chi connectivity index (χ0) is 39.3. The Labute approximate surface area is 296 Å². The third-order valence-electron chi connectivity index (χ3n) is 7.56. The fraction of sp³-hybridized carbons (Fsp3) is 0.742. The van der Waals surface area contributed by atoms with Crippen molar-refractivity contribution in [1.82, 2.24) is 26.6 Å². The number of carbonyl (C=O) groups is 8. The summed E-state index contributed by atoms with van der Waals surface area (Å²) in [6.45, 7) is 5.24. The van der Waals surface area contributed by atoms with Gasteiger partial charge in [0.1, 0.15) is 30.2 Å². The largest absolute Gasteiger partial charge is 0.481 e. The summed E-state index contributed by atoms with van der Waals surface area (Å²) in [4.78, 5) is 100. The lowest BCUT2D eigenvalue weighted by Gasteiger charge is -2.28. The molecular formula is C31H56N8O12. The van der Waals surface area contributed by atoms with Crippen LogP contribution in [0.25, 0.3) is 0 Å². The van der Waals surface area contributed by atoms with Crippen molar-refractivity contribution in [3.63, 3.8) is 0 Å². The second kappa shape index (κ2) is 24.7. The van der Waals surface area contributed by atoms with E-state index in [2.05, 4.69) is 26.6 Å². The highest BCUT2D eigenvalue weighted by molar-refractivity contribution is 5.97. The predicted octanol–water partition coefficient (Wildman–Crippen LogP) is -3.15. The minimum Gasteiger partial charge on any atom is -0.481 e. The van der Waals surface area contributed by atoms with Crippen molar-refractivity contribution in [3.05, 3.63) is 0 Å². The number of carboxylic acid groups (broad SMARTS) is 3. The van der Waals surface area contributed by atoms with Crippen LogP contribution in [0, 0.1) is 5.92 Å². The SMILES string of the molecule is CC(C)C[C@H](NC(=O)[C@H](CCC(=O)O)NC(=O)[C@H](CC(=O)O)NC(=O)[C@@H](NC(=O)[C@H](CCCCN)NC(=O)[C@@H](N)CCCCN)[C@@H](C)O)C(=O)O. The van der Waals surface area contributed by atoms with Crippen LogP contribution in [0.2, 0.25) is 0 Å². The molecule has 0 aromatic heterocycles. The lowest BCUT2D eigenvalue weighted by atomic mass is 10.0. The lowest BCUT2D eigenvalue weighted by molar-refractivity contribution is -0.144. The second-order valence-corrected chi connectivity index (χ2v) is 12.6. The molecule has 15 N–H and O–H groups in total. The Morgan fingerprint density at radius 1 is 0.569 bits per heavy atom. The van der Waals surface area contributed by atoms with Gasteiger partial charge in [-0.2, -0.15) is 0 Å². The number of rotatable bonds is 27. The maximum atomic E-state index is 13.3. The molecule has 51 heavy (non-hydrogen) atoms. The first-order chi connectivity index (χ1) is 23.8. The Hall–Kier alpha value is -4.40. The van der Waals surface area contributed by atoms with Gasteiger partial charge in [0, 0.05) is 6.42 Å². The number of aliphatic carboxylic acids is 3. The molecule has 0 spiro atoms. The zero-order valence-corrected chi connectivity index (χ0v) is 29.4. The Morgan fingerprint density at radius 2 is 1.04 bits per heavy atom. The van der Waals surface area contributed by atoms with Gasteiger partial charge < -0.3 is 64.2 Å². The van der Waals surface area contributed by atoms with Crippen LogP contribution in [-0.2, 0) is 38.4 Å². The van der Waals surface area contributed by atoms with Crippen molar-refractivity contribution in [2.45, 2.75) is 127 Å². The molecule has 0 rings (SSSR count). The van der Waals surface area contributed by atoms with Crippen molar-refractivity contribution in [2.24, 2.45) is 23.1 Å². The summed E-state index contributed by atoms with van der Waals surface area (Å²) in [5, 5.41) is 49.9. The van der Waals surface area contributed by atoms with Crippen molar-refractivity contribution >= 4 is 47.4 Å². The molecule has 20 heteroatoms. The van der Waals surface area contributed by atoms with Crippen LogP contribution in [0.5, 0.6) is 0 Å². The molecule has 0 aliphatic carbocycles. The molecule has 5 amide bonds. The minimum atomic E-state index is -1.91. The molecule has 0 aromatic carbocycles. The molecule has 0 saturated carbocycles. The van der Waals surface area contributed by atoms with E-state index in [0.29, 0.717) is 45.2 Å². The molecule has 0 unspecified atom stereocenters. The van der Waals surface area contributed by atoms with Crippen LogP contribution >= 0.6 is 0 Å². The molecule has 0 heterocycles. The van der Waals surface area contributed by atoms with Crippen LogP contribution in [0.4, 0.5) is 0 Å². The van der Waals surface area contributed by atoms with E-state index in [1.54, 1.807) is 13.8 Å². The molecule has 7 atom stereocenters. The average Bonchev–Trinajstić information content (AvgIpc) is 3.03. The summed E-state index contributed by atoms with van der Waals surface area (Å²) in [5.41, 5.74) is 17.0. The Balaban J connectivity index is 6.09. The first kappa shape index (κ1) is 46.6. The van der Waals surface area contributed by atoms with E-state index in [-0.39, 0.29) is 18.8 Å². The van der Waals surface area contributed by atoms with Gasteiger partial charge in [-0.25, -0.2) is 4.79 Å². The average molecular weight is 733 g/mol. The van der Waals surface area contributed by atoms with Crippen LogP contribution in [-0.4, -0.2) is 123 Å². The monoisotopic (exact) mass is 732 g/mol. The van der Waals surface area contributed by atoms with E-state index in [1.807, 2.05) is 0 Å². The number of hydrogen-bond donors (Lipinski definition) is 12. The van der Waals surface area contributed by atoms with Crippen molar-refractivity contribution in [1.29, 1.82) is 0 Å². The molecule has 0 fully saturated rings.